The smallest absolute Gasteiger partial charge is 0.255 e. The minimum atomic E-state index is -0.141. The van der Waals surface area contributed by atoms with Crippen LogP contribution < -0.4 is 10.1 Å². The SMILES string of the molecule is COc1cccc(CCNC(=O)c2c(C)oc(C)c2-c2ccc(Cl)cc2)c1. The van der Waals surface area contributed by atoms with Crippen molar-refractivity contribution in [2.24, 2.45) is 0 Å². The molecule has 1 amide bonds. The molecule has 0 atom stereocenters. The third kappa shape index (κ3) is 4.34. The van der Waals surface area contributed by atoms with Crippen molar-refractivity contribution >= 4 is 17.5 Å². The summed E-state index contributed by atoms with van der Waals surface area (Å²) >= 11 is 5.98. The first-order valence-electron chi connectivity index (χ1n) is 8.76. The van der Waals surface area contributed by atoms with Gasteiger partial charge in [-0.15, -0.1) is 0 Å². The maximum atomic E-state index is 12.8. The van der Waals surface area contributed by atoms with Crippen LogP contribution in [-0.4, -0.2) is 19.6 Å². The molecule has 0 bridgehead atoms. The van der Waals surface area contributed by atoms with Gasteiger partial charge < -0.3 is 14.5 Å². The Bertz CT molecular complexity index is 945. The Morgan fingerprint density at radius 1 is 1.11 bits per heavy atom. The highest BCUT2D eigenvalue weighted by atomic mass is 35.5. The molecular formula is C22H22ClNO3. The normalized spacial score (nSPS) is 10.7. The van der Waals surface area contributed by atoms with Crippen molar-refractivity contribution in [1.29, 1.82) is 0 Å². The molecule has 0 saturated heterocycles. The standard InChI is InChI=1S/C22H22ClNO3/c1-14-20(17-7-9-18(23)10-8-17)21(15(2)27-14)22(25)24-12-11-16-5-4-6-19(13-16)26-3/h4-10,13H,11-12H2,1-3H3,(H,24,25). The number of carbonyl (C=O) groups is 1. The fourth-order valence-corrected chi connectivity index (χ4v) is 3.28. The van der Waals surface area contributed by atoms with Gasteiger partial charge in [0, 0.05) is 17.1 Å². The second kappa shape index (κ2) is 8.31. The fraction of sp³-hybridized carbons (Fsp3) is 0.227. The van der Waals surface area contributed by atoms with Crippen molar-refractivity contribution < 1.29 is 13.9 Å². The minimum Gasteiger partial charge on any atom is -0.497 e. The zero-order chi connectivity index (χ0) is 19.4. The van der Waals surface area contributed by atoms with Crippen LogP contribution in [0.15, 0.2) is 52.9 Å². The number of rotatable bonds is 6. The number of carbonyl (C=O) groups excluding carboxylic acids is 1. The maximum absolute atomic E-state index is 12.8. The average Bonchev–Trinajstić information content (AvgIpc) is 2.96. The number of hydrogen-bond acceptors (Lipinski definition) is 3. The summed E-state index contributed by atoms with van der Waals surface area (Å²) in [7, 11) is 1.64. The highest BCUT2D eigenvalue weighted by Crippen LogP contribution is 2.32. The lowest BCUT2D eigenvalue weighted by atomic mass is 10.00. The molecule has 0 aliphatic heterocycles. The molecule has 0 saturated carbocycles. The van der Waals surface area contributed by atoms with E-state index in [2.05, 4.69) is 5.32 Å². The van der Waals surface area contributed by atoms with Crippen LogP contribution in [0, 0.1) is 13.8 Å². The Labute approximate surface area is 164 Å². The first kappa shape index (κ1) is 19.1. The molecule has 0 radical (unpaired) electrons. The van der Waals surface area contributed by atoms with E-state index < -0.39 is 0 Å². The zero-order valence-electron chi connectivity index (χ0n) is 15.6. The number of aryl methyl sites for hydroxylation is 2. The Morgan fingerprint density at radius 3 is 2.56 bits per heavy atom. The Morgan fingerprint density at radius 2 is 1.85 bits per heavy atom. The molecule has 0 aliphatic rings. The van der Waals surface area contributed by atoms with E-state index in [0.717, 1.165) is 28.9 Å². The lowest BCUT2D eigenvalue weighted by Gasteiger charge is -2.08. The van der Waals surface area contributed by atoms with Gasteiger partial charge in [-0.2, -0.15) is 0 Å². The van der Waals surface area contributed by atoms with Crippen molar-refractivity contribution in [1.82, 2.24) is 5.32 Å². The third-order valence-corrected chi connectivity index (χ3v) is 4.71. The van der Waals surface area contributed by atoms with Gasteiger partial charge >= 0.3 is 0 Å². The number of furan rings is 1. The molecule has 140 valence electrons. The van der Waals surface area contributed by atoms with E-state index in [4.69, 9.17) is 20.8 Å². The number of halogens is 1. The number of hydrogen-bond donors (Lipinski definition) is 1. The van der Waals surface area contributed by atoms with Crippen LogP contribution >= 0.6 is 11.6 Å². The van der Waals surface area contributed by atoms with Crippen LogP contribution in [0.5, 0.6) is 5.75 Å². The number of methoxy groups -OCH3 is 1. The van der Waals surface area contributed by atoms with Crippen LogP contribution in [0.4, 0.5) is 0 Å². The Kier molecular flexibility index (Phi) is 5.87. The fourth-order valence-electron chi connectivity index (χ4n) is 3.16. The number of ether oxygens (including phenoxy) is 1. The molecule has 0 fully saturated rings. The van der Waals surface area contributed by atoms with Crippen molar-refractivity contribution in [2.45, 2.75) is 20.3 Å². The third-order valence-electron chi connectivity index (χ3n) is 4.45. The lowest BCUT2D eigenvalue weighted by molar-refractivity contribution is 0.0953. The van der Waals surface area contributed by atoms with E-state index in [1.807, 2.05) is 62.4 Å². The minimum absolute atomic E-state index is 0.141. The average molecular weight is 384 g/mol. The van der Waals surface area contributed by atoms with E-state index in [1.54, 1.807) is 7.11 Å². The predicted octanol–water partition coefficient (Wildman–Crippen LogP) is 5.20. The summed E-state index contributed by atoms with van der Waals surface area (Å²) in [5, 5.41) is 3.65. The molecule has 4 nitrogen and oxygen atoms in total. The van der Waals surface area contributed by atoms with E-state index in [0.29, 0.717) is 28.7 Å². The molecular weight excluding hydrogens is 362 g/mol. The number of amides is 1. The van der Waals surface area contributed by atoms with Crippen LogP contribution in [-0.2, 0) is 6.42 Å². The van der Waals surface area contributed by atoms with Crippen LogP contribution in [0.3, 0.4) is 0 Å². The summed E-state index contributed by atoms with van der Waals surface area (Å²) in [6.45, 7) is 4.20. The van der Waals surface area contributed by atoms with Gasteiger partial charge in [-0.1, -0.05) is 35.9 Å². The van der Waals surface area contributed by atoms with Crippen molar-refractivity contribution in [3.63, 3.8) is 0 Å². The molecule has 3 aromatic rings. The molecule has 0 aliphatic carbocycles. The van der Waals surface area contributed by atoms with Gasteiger partial charge in [0.2, 0.25) is 0 Å². The molecule has 1 N–H and O–H groups in total. The molecule has 2 aromatic carbocycles. The molecule has 3 rings (SSSR count). The van der Waals surface area contributed by atoms with E-state index in [9.17, 15) is 4.79 Å². The molecule has 0 unspecified atom stereocenters. The van der Waals surface area contributed by atoms with Crippen molar-refractivity contribution in [3.8, 4) is 16.9 Å². The zero-order valence-corrected chi connectivity index (χ0v) is 16.4. The topological polar surface area (TPSA) is 51.5 Å². The van der Waals surface area contributed by atoms with Gasteiger partial charge in [0.15, 0.2) is 0 Å². The highest BCUT2D eigenvalue weighted by molar-refractivity contribution is 6.30. The van der Waals surface area contributed by atoms with E-state index in [1.165, 1.54) is 0 Å². The van der Waals surface area contributed by atoms with Crippen molar-refractivity contribution in [3.05, 3.63) is 76.2 Å². The summed E-state index contributed by atoms with van der Waals surface area (Å²) in [5.41, 5.74) is 3.39. The van der Waals surface area contributed by atoms with Crippen molar-refractivity contribution in [2.75, 3.05) is 13.7 Å². The van der Waals surface area contributed by atoms with Crippen LogP contribution in [0.1, 0.15) is 27.4 Å². The van der Waals surface area contributed by atoms with Crippen LogP contribution in [0.25, 0.3) is 11.1 Å². The molecule has 1 heterocycles. The molecule has 0 spiro atoms. The number of benzene rings is 2. The summed E-state index contributed by atoms with van der Waals surface area (Å²) in [5.74, 6) is 1.99. The van der Waals surface area contributed by atoms with Gasteiger partial charge in [-0.25, -0.2) is 0 Å². The summed E-state index contributed by atoms with van der Waals surface area (Å²) in [6.07, 6.45) is 0.717. The maximum Gasteiger partial charge on any atom is 0.255 e. The second-order valence-electron chi connectivity index (χ2n) is 6.33. The Hall–Kier alpha value is -2.72. The second-order valence-corrected chi connectivity index (χ2v) is 6.77. The quantitative estimate of drug-likeness (QED) is 0.636. The van der Waals surface area contributed by atoms with Gasteiger partial charge in [-0.3, -0.25) is 4.79 Å². The largest absolute Gasteiger partial charge is 0.497 e. The summed E-state index contributed by atoms with van der Waals surface area (Å²) in [6, 6.07) is 15.2. The van der Waals surface area contributed by atoms with Gasteiger partial charge in [0.1, 0.15) is 17.3 Å². The van der Waals surface area contributed by atoms with E-state index in [-0.39, 0.29) is 5.91 Å². The highest BCUT2D eigenvalue weighted by Gasteiger charge is 2.22. The van der Waals surface area contributed by atoms with Gasteiger partial charge in [-0.05, 0) is 55.7 Å². The summed E-state index contributed by atoms with van der Waals surface area (Å²) < 4.78 is 11.0. The Balaban J connectivity index is 1.75. The lowest BCUT2D eigenvalue weighted by Crippen LogP contribution is -2.26. The first-order valence-corrected chi connectivity index (χ1v) is 9.14. The predicted molar refractivity (Wildman–Crippen MR) is 108 cm³/mol. The van der Waals surface area contributed by atoms with Gasteiger partial charge in [0.25, 0.3) is 5.91 Å². The van der Waals surface area contributed by atoms with E-state index >= 15 is 0 Å². The molecule has 5 heteroatoms. The van der Waals surface area contributed by atoms with Crippen LogP contribution in [0.2, 0.25) is 5.02 Å². The summed E-state index contributed by atoms with van der Waals surface area (Å²) in [4.78, 5) is 12.8. The number of nitrogens with one attached hydrogen (secondary N) is 1. The van der Waals surface area contributed by atoms with Gasteiger partial charge in [0.05, 0.1) is 12.7 Å². The molecule has 1 aromatic heterocycles. The monoisotopic (exact) mass is 383 g/mol. The first-order chi connectivity index (χ1) is 13.0. The molecule has 27 heavy (non-hydrogen) atoms.